The van der Waals surface area contributed by atoms with Gasteiger partial charge in [0.2, 0.25) is 0 Å². The Kier molecular flexibility index (Phi) is 3.96. The lowest BCUT2D eigenvalue weighted by molar-refractivity contribution is 0.100. The molecule has 1 aromatic carbocycles. The summed E-state index contributed by atoms with van der Waals surface area (Å²) in [4.78, 5) is 16.7. The minimum Gasteiger partial charge on any atom is -0.378 e. The van der Waals surface area contributed by atoms with E-state index in [4.69, 9.17) is 27.9 Å². The van der Waals surface area contributed by atoms with Gasteiger partial charge in [-0.05, 0) is 31.4 Å². The van der Waals surface area contributed by atoms with Gasteiger partial charge in [0, 0.05) is 18.2 Å². The minimum atomic E-state index is -0.114. The number of benzene rings is 1. The Hall–Kier alpha value is -1.10. The average molecular weight is 313 g/mol. The van der Waals surface area contributed by atoms with Crippen molar-refractivity contribution in [2.75, 3.05) is 6.61 Å². The van der Waals surface area contributed by atoms with Crippen LogP contribution < -0.4 is 5.56 Å². The van der Waals surface area contributed by atoms with Crippen LogP contribution >= 0.6 is 23.2 Å². The van der Waals surface area contributed by atoms with Crippen molar-refractivity contribution in [2.24, 2.45) is 0 Å². The molecule has 0 N–H and O–H groups in total. The Morgan fingerprint density at radius 2 is 2.25 bits per heavy atom. The van der Waals surface area contributed by atoms with E-state index in [9.17, 15) is 4.79 Å². The highest BCUT2D eigenvalue weighted by Gasteiger charge is 2.16. The van der Waals surface area contributed by atoms with Crippen molar-refractivity contribution in [3.05, 3.63) is 38.9 Å². The quantitative estimate of drug-likeness (QED) is 0.873. The number of aromatic nitrogens is 2. The van der Waals surface area contributed by atoms with Crippen LogP contribution in [0.15, 0.2) is 23.3 Å². The number of ether oxygens (including phenoxy) is 1. The topological polar surface area (TPSA) is 44.1 Å². The molecule has 20 heavy (non-hydrogen) atoms. The smallest absolute Gasteiger partial charge is 0.261 e. The summed E-state index contributed by atoms with van der Waals surface area (Å²) >= 11 is 12.0. The van der Waals surface area contributed by atoms with Crippen molar-refractivity contribution < 1.29 is 4.74 Å². The average Bonchev–Trinajstić information content (AvgIpc) is 2.92. The van der Waals surface area contributed by atoms with Gasteiger partial charge < -0.3 is 4.74 Å². The summed E-state index contributed by atoms with van der Waals surface area (Å²) in [6.07, 6.45) is 4.77. The minimum absolute atomic E-state index is 0.114. The van der Waals surface area contributed by atoms with Gasteiger partial charge in [0.15, 0.2) is 0 Å². The predicted molar refractivity (Wildman–Crippen MR) is 79.6 cm³/mol. The Balaban J connectivity index is 1.92. The van der Waals surface area contributed by atoms with Gasteiger partial charge in [0.25, 0.3) is 5.56 Å². The maximum absolute atomic E-state index is 12.4. The van der Waals surface area contributed by atoms with Gasteiger partial charge in [0.05, 0.1) is 28.4 Å². The number of nitrogens with zero attached hydrogens (tertiary/aromatic N) is 2. The molecule has 2 aromatic rings. The van der Waals surface area contributed by atoms with Crippen LogP contribution in [0.2, 0.25) is 10.0 Å². The molecular formula is C14H14Cl2N2O2. The molecule has 2 heterocycles. The fraction of sp³-hybridized carbons (Fsp3) is 0.429. The highest BCUT2D eigenvalue weighted by Crippen LogP contribution is 2.24. The van der Waals surface area contributed by atoms with Crippen molar-refractivity contribution >= 4 is 34.1 Å². The third kappa shape index (κ3) is 2.68. The summed E-state index contributed by atoms with van der Waals surface area (Å²) in [6, 6.07) is 3.20. The second-order valence-electron chi connectivity index (χ2n) is 4.95. The SMILES string of the molecule is O=c1c2cc(Cl)cc(Cl)c2ncn1CC[C@@H]1CCCO1. The summed E-state index contributed by atoms with van der Waals surface area (Å²) in [6.45, 7) is 1.41. The fourth-order valence-corrected chi connectivity index (χ4v) is 3.05. The largest absolute Gasteiger partial charge is 0.378 e. The molecular weight excluding hydrogens is 299 g/mol. The van der Waals surface area contributed by atoms with Crippen LogP contribution in [-0.2, 0) is 11.3 Å². The van der Waals surface area contributed by atoms with Crippen molar-refractivity contribution in [1.29, 1.82) is 0 Å². The lowest BCUT2D eigenvalue weighted by Crippen LogP contribution is -2.23. The highest BCUT2D eigenvalue weighted by atomic mass is 35.5. The number of hydrogen-bond donors (Lipinski definition) is 0. The molecule has 0 radical (unpaired) electrons. The Labute approximate surface area is 126 Å². The number of rotatable bonds is 3. The molecule has 1 aromatic heterocycles. The lowest BCUT2D eigenvalue weighted by Gasteiger charge is -2.11. The molecule has 1 saturated heterocycles. The van der Waals surface area contributed by atoms with E-state index in [2.05, 4.69) is 4.98 Å². The molecule has 0 bridgehead atoms. The van der Waals surface area contributed by atoms with E-state index in [1.165, 1.54) is 0 Å². The van der Waals surface area contributed by atoms with Crippen molar-refractivity contribution in [1.82, 2.24) is 9.55 Å². The van der Waals surface area contributed by atoms with Crippen molar-refractivity contribution in [2.45, 2.75) is 31.9 Å². The van der Waals surface area contributed by atoms with E-state index >= 15 is 0 Å². The van der Waals surface area contributed by atoms with E-state index < -0.39 is 0 Å². The molecule has 0 aliphatic carbocycles. The first-order chi connectivity index (χ1) is 9.65. The summed E-state index contributed by atoms with van der Waals surface area (Å²) < 4.78 is 7.16. The number of halogens is 2. The van der Waals surface area contributed by atoms with Gasteiger partial charge in [-0.25, -0.2) is 4.98 Å². The molecule has 1 aliphatic rings. The first-order valence-electron chi connectivity index (χ1n) is 6.61. The molecule has 0 unspecified atom stereocenters. The van der Waals surface area contributed by atoms with Crippen LogP contribution in [0.5, 0.6) is 0 Å². The molecule has 4 nitrogen and oxygen atoms in total. The number of aryl methyl sites for hydroxylation is 1. The zero-order chi connectivity index (χ0) is 14.1. The van der Waals surface area contributed by atoms with E-state index in [-0.39, 0.29) is 11.7 Å². The first-order valence-corrected chi connectivity index (χ1v) is 7.36. The second kappa shape index (κ2) is 5.72. The Bertz CT molecular complexity index is 693. The van der Waals surface area contributed by atoms with Gasteiger partial charge in [-0.1, -0.05) is 23.2 Å². The maximum atomic E-state index is 12.4. The zero-order valence-corrected chi connectivity index (χ0v) is 12.3. The van der Waals surface area contributed by atoms with Gasteiger partial charge >= 0.3 is 0 Å². The van der Waals surface area contributed by atoms with Crippen molar-refractivity contribution in [3.63, 3.8) is 0 Å². The number of hydrogen-bond acceptors (Lipinski definition) is 3. The summed E-state index contributed by atoms with van der Waals surface area (Å²) in [7, 11) is 0. The van der Waals surface area contributed by atoms with Crippen molar-refractivity contribution in [3.8, 4) is 0 Å². The van der Waals surface area contributed by atoms with E-state index in [1.807, 2.05) is 0 Å². The molecule has 0 spiro atoms. The standard InChI is InChI=1S/C14H14Cl2N2O2/c15-9-6-11-13(12(16)7-9)17-8-18(14(11)19)4-3-10-2-1-5-20-10/h6-8,10H,1-5H2/t10-/m0/s1. The highest BCUT2D eigenvalue weighted by molar-refractivity contribution is 6.38. The van der Waals surface area contributed by atoms with Crippen LogP contribution in [0, 0.1) is 0 Å². The molecule has 1 atom stereocenters. The van der Waals surface area contributed by atoms with Gasteiger partial charge in [-0.2, -0.15) is 0 Å². The lowest BCUT2D eigenvalue weighted by atomic mass is 10.2. The monoisotopic (exact) mass is 312 g/mol. The third-order valence-corrected chi connectivity index (χ3v) is 4.07. The Morgan fingerprint density at radius 1 is 1.40 bits per heavy atom. The Morgan fingerprint density at radius 3 is 3.00 bits per heavy atom. The van der Waals surface area contributed by atoms with Gasteiger partial charge in [-0.15, -0.1) is 0 Å². The summed E-state index contributed by atoms with van der Waals surface area (Å²) in [5, 5.41) is 1.30. The third-order valence-electron chi connectivity index (χ3n) is 3.56. The first kappa shape index (κ1) is 13.9. The normalized spacial score (nSPS) is 18.8. The molecule has 0 amide bonds. The second-order valence-corrected chi connectivity index (χ2v) is 5.79. The van der Waals surface area contributed by atoms with E-state index in [1.54, 1.807) is 23.0 Å². The summed E-state index contributed by atoms with van der Waals surface area (Å²) in [5.41, 5.74) is 0.381. The molecule has 0 saturated carbocycles. The van der Waals surface area contributed by atoms with Gasteiger partial charge in [-0.3, -0.25) is 9.36 Å². The molecule has 3 rings (SSSR count). The maximum Gasteiger partial charge on any atom is 0.261 e. The molecule has 1 fully saturated rings. The van der Waals surface area contributed by atoms with Crippen LogP contribution in [0.1, 0.15) is 19.3 Å². The number of fused-ring (bicyclic) bond motifs is 1. The summed E-state index contributed by atoms with van der Waals surface area (Å²) in [5.74, 6) is 0. The molecule has 1 aliphatic heterocycles. The van der Waals surface area contributed by atoms with E-state index in [0.717, 1.165) is 25.9 Å². The molecule has 106 valence electrons. The van der Waals surface area contributed by atoms with Gasteiger partial charge in [0.1, 0.15) is 0 Å². The van der Waals surface area contributed by atoms with E-state index in [0.29, 0.717) is 27.5 Å². The van der Waals surface area contributed by atoms with Crippen LogP contribution in [-0.4, -0.2) is 22.3 Å². The van der Waals surface area contributed by atoms with Crippen LogP contribution in [0.25, 0.3) is 10.9 Å². The van der Waals surface area contributed by atoms with Crippen LogP contribution in [0.3, 0.4) is 0 Å². The van der Waals surface area contributed by atoms with Crippen LogP contribution in [0.4, 0.5) is 0 Å². The fourth-order valence-electron chi connectivity index (χ4n) is 2.51. The predicted octanol–water partition coefficient (Wildman–Crippen LogP) is 3.27. The molecule has 6 heteroatoms. The zero-order valence-electron chi connectivity index (χ0n) is 10.8.